The molecule has 2 N–H and O–H groups in total. The molecule has 4 rings (SSSR count). The second-order valence-electron chi connectivity index (χ2n) is 10.7. The van der Waals surface area contributed by atoms with E-state index in [2.05, 4.69) is 15.7 Å². The number of nitrogens with one attached hydrogen (secondary N) is 2. The number of carbonyl (C=O) groups is 4. The normalized spacial score (nSPS) is 14.6. The summed E-state index contributed by atoms with van der Waals surface area (Å²) in [6.45, 7) is 3.58. The highest BCUT2D eigenvalue weighted by atomic mass is 35.5. The monoisotopic (exact) mass is 620 g/mol. The lowest BCUT2D eigenvalue weighted by Crippen LogP contribution is -2.47. The Morgan fingerprint density at radius 1 is 1.16 bits per heavy atom. The molecule has 1 aromatic heterocycles. The van der Waals surface area contributed by atoms with Gasteiger partial charge in [0.25, 0.3) is 5.92 Å². The van der Waals surface area contributed by atoms with E-state index in [0.717, 1.165) is 4.90 Å². The number of amides is 4. The SMILES string of the molecule is CC(=O)c1nn(CC(=O)N(CC(=O)NCc2cccc(Cl)c2F)C(C)C)c2ccc(NC(=O)N3CCCC(F)(F)C3)cc12. The molecule has 3 aromatic rings. The predicted octanol–water partition coefficient (Wildman–Crippen LogP) is 4.85. The molecule has 0 unspecified atom stereocenters. The first-order chi connectivity index (χ1) is 20.3. The summed E-state index contributed by atoms with van der Waals surface area (Å²) in [4.78, 5) is 53.4. The Morgan fingerprint density at radius 2 is 1.91 bits per heavy atom. The minimum Gasteiger partial charge on any atom is -0.350 e. The second-order valence-corrected chi connectivity index (χ2v) is 11.1. The van der Waals surface area contributed by atoms with E-state index in [0.29, 0.717) is 10.9 Å². The Bertz CT molecular complexity index is 1560. The van der Waals surface area contributed by atoms with E-state index in [-0.39, 0.29) is 72.8 Å². The Morgan fingerprint density at radius 3 is 2.58 bits per heavy atom. The molecular formula is C29H32ClF3N6O4. The highest BCUT2D eigenvalue weighted by molar-refractivity contribution is 6.30. The lowest BCUT2D eigenvalue weighted by molar-refractivity contribution is -0.138. The van der Waals surface area contributed by atoms with Crippen molar-refractivity contribution < 1.29 is 32.3 Å². The minimum atomic E-state index is -2.95. The van der Waals surface area contributed by atoms with Gasteiger partial charge in [0, 0.05) is 49.1 Å². The second kappa shape index (κ2) is 13.0. The van der Waals surface area contributed by atoms with Gasteiger partial charge in [-0.3, -0.25) is 19.1 Å². The van der Waals surface area contributed by atoms with Crippen LogP contribution in [0.15, 0.2) is 36.4 Å². The lowest BCUT2D eigenvalue weighted by Gasteiger charge is -2.32. The number of ketones is 1. The van der Waals surface area contributed by atoms with Gasteiger partial charge in [0.1, 0.15) is 18.1 Å². The van der Waals surface area contributed by atoms with Gasteiger partial charge in [-0.25, -0.2) is 18.0 Å². The molecule has 1 aliphatic heterocycles. The Labute approximate surface area is 251 Å². The third-order valence-electron chi connectivity index (χ3n) is 7.07. The van der Waals surface area contributed by atoms with E-state index < -0.39 is 36.1 Å². The lowest BCUT2D eigenvalue weighted by atomic mass is 10.1. The Hall–Kier alpha value is -4.13. The number of likely N-dealkylation sites (tertiary alicyclic amines) is 1. The summed E-state index contributed by atoms with van der Waals surface area (Å²) in [5, 5.41) is 9.80. The van der Waals surface area contributed by atoms with Crippen LogP contribution in [0.2, 0.25) is 5.02 Å². The third-order valence-corrected chi connectivity index (χ3v) is 7.36. The van der Waals surface area contributed by atoms with Crippen LogP contribution < -0.4 is 10.6 Å². The maximum absolute atomic E-state index is 14.2. The number of hydrogen-bond donors (Lipinski definition) is 2. The van der Waals surface area contributed by atoms with Crippen molar-refractivity contribution in [3.05, 3.63) is 58.5 Å². The molecule has 0 atom stereocenters. The van der Waals surface area contributed by atoms with Gasteiger partial charge in [-0.05, 0) is 44.5 Å². The average Bonchev–Trinajstić information content (AvgIpc) is 3.29. The first kappa shape index (κ1) is 31.8. The van der Waals surface area contributed by atoms with Gasteiger partial charge in [0.05, 0.1) is 23.6 Å². The van der Waals surface area contributed by atoms with Gasteiger partial charge in [-0.1, -0.05) is 23.7 Å². The molecule has 1 saturated heterocycles. The number of carbonyl (C=O) groups excluding carboxylic acids is 4. The van der Waals surface area contributed by atoms with Crippen molar-refractivity contribution in [2.45, 2.75) is 58.7 Å². The van der Waals surface area contributed by atoms with E-state index in [9.17, 15) is 32.3 Å². The zero-order valence-corrected chi connectivity index (χ0v) is 24.7. The van der Waals surface area contributed by atoms with E-state index >= 15 is 0 Å². The fourth-order valence-corrected chi connectivity index (χ4v) is 5.04. The molecule has 0 spiro atoms. The zero-order valence-electron chi connectivity index (χ0n) is 23.9. The molecule has 1 aliphatic rings. The molecule has 2 heterocycles. The number of alkyl halides is 2. The number of urea groups is 1. The van der Waals surface area contributed by atoms with Crippen LogP contribution in [0, 0.1) is 5.82 Å². The van der Waals surface area contributed by atoms with Crippen molar-refractivity contribution in [1.82, 2.24) is 24.9 Å². The predicted molar refractivity (Wildman–Crippen MR) is 155 cm³/mol. The number of fused-ring (bicyclic) bond motifs is 1. The molecule has 230 valence electrons. The molecule has 0 aliphatic carbocycles. The third kappa shape index (κ3) is 7.64. The summed E-state index contributed by atoms with van der Waals surface area (Å²) in [5.74, 6) is -4.94. The Balaban J connectivity index is 1.47. The van der Waals surface area contributed by atoms with E-state index in [1.165, 1.54) is 40.8 Å². The Kier molecular flexibility index (Phi) is 9.63. The fraction of sp³-hybridized carbons (Fsp3) is 0.414. The highest BCUT2D eigenvalue weighted by Crippen LogP contribution is 2.28. The zero-order chi connectivity index (χ0) is 31.5. The van der Waals surface area contributed by atoms with Crippen LogP contribution in [0.5, 0.6) is 0 Å². The van der Waals surface area contributed by atoms with Gasteiger partial charge in [0.15, 0.2) is 5.78 Å². The number of piperidine rings is 1. The molecule has 0 saturated carbocycles. The van der Waals surface area contributed by atoms with Crippen molar-refractivity contribution in [3.8, 4) is 0 Å². The molecule has 10 nitrogen and oxygen atoms in total. The molecular weight excluding hydrogens is 589 g/mol. The largest absolute Gasteiger partial charge is 0.350 e. The van der Waals surface area contributed by atoms with Crippen LogP contribution >= 0.6 is 11.6 Å². The number of rotatable bonds is 9. The quantitative estimate of drug-likeness (QED) is 0.332. The summed E-state index contributed by atoms with van der Waals surface area (Å²) in [5.41, 5.74) is 0.954. The van der Waals surface area contributed by atoms with Gasteiger partial charge in [-0.15, -0.1) is 0 Å². The first-order valence-corrected chi connectivity index (χ1v) is 14.1. The van der Waals surface area contributed by atoms with Crippen LogP contribution in [0.4, 0.5) is 23.7 Å². The van der Waals surface area contributed by atoms with Crippen molar-refractivity contribution in [2.75, 3.05) is 25.0 Å². The fourth-order valence-electron chi connectivity index (χ4n) is 4.85. The summed E-state index contributed by atoms with van der Waals surface area (Å²) in [7, 11) is 0. The van der Waals surface area contributed by atoms with Gasteiger partial charge in [-0.2, -0.15) is 5.10 Å². The van der Waals surface area contributed by atoms with Crippen molar-refractivity contribution in [1.29, 1.82) is 0 Å². The van der Waals surface area contributed by atoms with Gasteiger partial charge >= 0.3 is 6.03 Å². The maximum Gasteiger partial charge on any atom is 0.322 e. The number of anilines is 1. The number of benzene rings is 2. The topological polar surface area (TPSA) is 117 Å². The molecule has 14 heteroatoms. The minimum absolute atomic E-state index is 0.0563. The van der Waals surface area contributed by atoms with Crippen LogP contribution in [-0.4, -0.2) is 74.8 Å². The van der Waals surface area contributed by atoms with Crippen molar-refractivity contribution >= 4 is 51.8 Å². The van der Waals surface area contributed by atoms with Crippen molar-refractivity contribution in [3.63, 3.8) is 0 Å². The smallest absolute Gasteiger partial charge is 0.322 e. The number of nitrogens with zero attached hydrogens (tertiary/aromatic N) is 4. The number of halogens is 4. The standard InChI is InChI=1S/C29H32ClF3N6O4/c1-17(2)38(14-24(41)34-13-19-6-4-7-22(30)26(19)31)25(42)15-39-23-9-8-20(12-21(23)27(36-39)18(3)40)35-28(43)37-11-5-10-29(32,33)16-37/h4,6-9,12,17H,5,10-11,13-16H2,1-3H3,(H,34,41)(H,35,43). The molecule has 0 radical (unpaired) electrons. The average molecular weight is 621 g/mol. The van der Waals surface area contributed by atoms with Gasteiger partial charge < -0.3 is 20.4 Å². The highest BCUT2D eigenvalue weighted by Gasteiger charge is 2.37. The van der Waals surface area contributed by atoms with E-state index in [1.807, 2.05) is 0 Å². The molecule has 0 bridgehead atoms. The summed E-state index contributed by atoms with van der Waals surface area (Å²) in [6.07, 6.45) is -0.0885. The van der Waals surface area contributed by atoms with E-state index in [4.69, 9.17) is 11.6 Å². The van der Waals surface area contributed by atoms with Crippen LogP contribution in [0.3, 0.4) is 0 Å². The van der Waals surface area contributed by atoms with Crippen LogP contribution in [0.1, 0.15) is 49.7 Å². The number of Topliss-reactive ketones (excluding diaryl/α,β-unsaturated/α-hetero) is 1. The summed E-state index contributed by atoms with van der Waals surface area (Å²) in [6, 6.07) is 7.98. The van der Waals surface area contributed by atoms with Crippen LogP contribution in [0.25, 0.3) is 10.9 Å². The molecule has 2 aromatic carbocycles. The summed E-state index contributed by atoms with van der Waals surface area (Å²) < 4.78 is 43.1. The van der Waals surface area contributed by atoms with E-state index in [1.54, 1.807) is 26.0 Å². The van der Waals surface area contributed by atoms with Gasteiger partial charge in [0.2, 0.25) is 11.8 Å². The number of aromatic nitrogens is 2. The number of hydrogen-bond acceptors (Lipinski definition) is 5. The van der Waals surface area contributed by atoms with Crippen molar-refractivity contribution in [2.24, 2.45) is 0 Å². The summed E-state index contributed by atoms with van der Waals surface area (Å²) >= 11 is 5.79. The molecule has 43 heavy (non-hydrogen) atoms. The maximum atomic E-state index is 14.2. The molecule has 1 fully saturated rings. The first-order valence-electron chi connectivity index (χ1n) is 13.7. The molecule has 4 amide bonds. The van der Waals surface area contributed by atoms with Crippen LogP contribution in [-0.2, 0) is 22.7 Å².